The van der Waals surface area contributed by atoms with E-state index < -0.39 is 0 Å². The molecule has 0 bridgehead atoms. The van der Waals surface area contributed by atoms with Gasteiger partial charge in [-0.3, -0.25) is 14.6 Å². The van der Waals surface area contributed by atoms with E-state index in [1.54, 1.807) is 13.1 Å². The molecule has 0 aromatic carbocycles. The first kappa shape index (κ1) is 13.7. The summed E-state index contributed by atoms with van der Waals surface area (Å²) >= 11 is 0. The highest BCUT2D eigenvalue weighted by Crippen LogP contribution is 2.30. The predicted molar refractivity (Wildman–Crippen MR) is 72.2 cm³/mol. The lowest BCUT2D eigenvalue weighted by atomic mass is 9.77. The zero-order valence-electron chi connectivity index (χ0n) is 11.3. The molecule has 1 aromatic heterocycles. The number of rotatable bonds is 4. The third-order valence-electron chi connectivity index (χ3n) is 3.79. The molecule has 2 atom stereocenters. The van der Waals surface area contributed by atoms with Gasteiger partial charge in [0, 0.05) is 18.0 Å². The van der Waals surface area contributed by atoms with E-state index in [1.165, 1.54) is 0 Å². The van der Waals surface area contributed by atoms with E-state index >= 15 is 0 Å². The maximum Gasteiger partial charge on any atom is 0.224 e. The molecule has 1 aliphatic carbocycles. The van der Waals surface area contributed by atoms with E-state index in [2.05, 4.69) is 10.3 Å². The van der Waals surface area contributed by atoms with Gasteiger partial charge in [-0.25, -0.2) is 0 Å². The lowest BCUT2D eigenvalue weighted by Gasteiger charge is -2.28. The van der Waals surface area contributed by atoms with E-state index in [0.717, 1.165) is 31.4 Å². The topological polar surface area (TPSA) is 59.1 Å². The molecule has 1 aromatic rings. The SMILES string of the molecule is CC(=O)[C@H]1CCCC[C@H]1C(=O)NCc1ccccn1. The summed E-state index contributed by atoms with van der Waals surface area (Å²) in [7, 11) is 0. The maximum absolute atomic E-state index is 12.2. The number of pyridine rings is 1. The van der Waals surface area contributed by atoms with Crippen molar-refractivity contribution in [2.24, 2.45) is 11.8 Å². The minimum Gasteiger partial charge on any atom is -0.350 e. The summed E-state index contributed by atoms with van der Waals surface area (Å²) in [4.78, 5) is 28.0. The van der Waals surface area contributed by atoms with Gasteiger partial charge < -0.3 is 5.32 Å². The first-order valence-electron chi connectivity index (χ1n) is 6.86. The van der Waals surface area contributed by atoms with Crippen LogP contribution in [0.5, 0.6) is 0 Å². The van der Waals surface area contributed by atoms with Gasteiger partial charge >= 0.3 is 0 Å². The minimum atomic E-state index is -0.157. The van der Waals surface area contributed by atoms with Crippen LogP contribution in [0.3, 0.4) is 0 Å². The van der Waals surface area contributed by atoms with Gasteiger partial charge in [0.2, 0.25) is 5.91 Å². The molecule has 0 unspecified atom stereocenters. The second-order valence-corrected chi connectivity index (χ2v) is 5.15. The summed E-state index contributed by atoms with van der Waals surface area (Å²) in [5.41, 5.74) is 0.839. The van der Waals surface area contributed by atoms with Crippen molar-refractivity contribution in [1.82, 2.24) is 10.3 Å². The number of nitrogens with one attached hydrogen (secondary N) is 1. The monoisotopic (exact) mass is 260 g/mol. The summed E-state index contributed by atoms with van der Waals surface area (Å²) in [5, 5.41) is 2.90. The average Bonchev–Trinajstić information content (AvgIpc) is 2.46. The number of carbonyl (C=O) groups is 2. The standard InChI is InChI=1S/C15H20N2O2/c1-11(18)13-7-2-3-8-14(13)15(19)17-10-12-6-4-5-9-16-12/h4-6,9,13-14H,2-3,7-8,10H2,1H3,(H,17,19)/t13-,14-/m1/s1. The van der Waals surface area contributed by atoms with Crippen LogP contribution < -0.4 is 5.32 Å². The van der Waals surface area contributed by atoms with Gasteiger partial charge in [-0.1, -0.05) is 18.9 Å². The van der Waals surface area contributed by atoms with Crippen molar-refractivity contribution in [3.8, 4) is 0 Å². The van der Waals surface area contributed by atoms with Crippen LogP contribution >= 0.6 is 0 Å². The second-order valence-electron chi connectivity index (χ2n) is 5.15. The molecule has 1 amide bonds. The molecular formula is C15H20N2O2. The molecule has 1 aliphatic rings. The highest BCUT2D eigenvalue weighted by molar-refractivity contribution is 5.87. The average molecular weight is 260 g/mol. The Morgan fingerprint density at radius 1 is 1.26 bits per heavy atom. The predicted octanol–water partition coefficient (Wildman–Crippen LogP) is 2.09. The molecule has 1 heterocycles. The minimum absolute atomic E-state index is 0.00875. The Kier molecular flexibility index (Phi) is 4.66. The quantitative estimate of drug-likeness (QED) is 0.901. The third-order valence-corrected chi connectivity index (χ3v) is 3.79. The van der Waals surface area contributed by atoms with E-state index in [9.17, 15) is 9.59 Å². The van der Waals surface area contributed by atoms with Gasteiger partial charge in [-0.2, -0.15) is 0 Å². The summed E-state index contributed by atoms with van der Waals surface area (Å²) in [6.07, 6.45) is 5.45. The molecule has 2 rings (SSSR count). The summed E-state index contributed by atoms with van der Waals surface area (Å²) in [5.74, 6) is -0.129. The van der Waals surface area contributed by atoms with E-state index in [0.29, 0.717) is 6.54 Å². The molecule has 4 nitrogen and oxygen atoms in total. The Labute approximate surface area is 113 Å². The van der Waals surface area contributed by atoms with Crippen molar-refractivity contribution in [2.75, 3.05) is 0 Å². The molecular weight excluding hydrogens is 240 g/mol. The van der Waals surface area contributed by atoms with Crippen LogP contribution in [0.15, 0.2) is 24.4 Å². The number of amides is 1. The highest BCUT2D eigenvalue weighted by Gasteiger charge is 2.33. The molecule has 4 heteroatoms. The second kappa shape index (κ2) is 6.45. The molecule has 0 aliphatic heterocycles. The van der Waals surface area contributed by atoms with Gasteiger partial charge in [-0.15, -0.1) is 0 Å². The van der Waals surface area contributed by atoms with Crippen molar-refractivity contribution in [3.63, 3.8) is 0 Å². The zero-order valence-corrected chi connectivity index (χ0v) is 11.3. The molecule has 1 saturated carbocycles. The fraction of sp³-hybridized carbons (Fsp3) is 0.533. The van der Waals surface area contributed by atoms with Gasteiger partial charge in [0.25, 0.3) is 0 Å². The molecule has 102 valence electrons. The third kappa shape index (κ3) is 3.63. The van der Waals surface area contributed by atoms with E-state index in [1.807, 2.05) is 18.2 Å². The number of ketones is 1. The fourth-order valence-corrected chi connectivity index (χ4v) is 2.74. The van der Waals surface area contributed by atoms with Crippen molar-refractivity contribution in [2.45, 2.75) is 39.2 Å². The van der Waals surface area contributed by atoms with Crippen LogP contribution in [0.25, 0.3) is 0 Å². The molecule has 1 fully saturated rings. The zero-order chi connectivity index (χ0) is 13.7. The van der Waals surface area contributed by atoms with Gasteiger partial charge in [0.15, 0.2) is 0 Å². The lowest BCUT2D eigenvalue weighted by molar-refractivity contribution is -0.134. The highest BCUT2D eigenvalue weighted by atomic mass is 16.2. The fourth-order valence-electron chi connectivity index (χ4n) is 2.74. The number of aromatic nitrogens is 1. The number of hydrogen-bond donors (Lipinski definition) is 1. The van der Waals surface area contributed by atoms with Crippen LogP contribution in [0, 0.1) is 11.8 Å². The molecule has 1 N–H and O–H groups in total. The Morgan fingerprint density at radius 2 is 2.00 bits per heavy atom. The van der Waals surface area contributed by atoms with Crippen LogP contribution in [-0.2, 0) is 16.1 Å². The maximum atomic E-state index is 12.2. The molecule has 0 saturated heterocycles. The van der Waals surface area contributed by atoms with Crippen LogP contribution in [0.4, 0.5) is 0 Å². The number of nitrogens with zero attached hydrogens (tertiary/aromatic N) is 1. The van der Waals surface area contributed by atoms with E-state index in [4.69, 9.17) is 0 Å². The number of Topliss-reactive ketones (excluding diaryl/α,β-unsaturated/α-hetero) is 1. The lowest BCUT2D eigenvalue weighted by Crippen LogP contribution is -2.39. The summed E-state index contributed by atoms with van der Waals surface area (Å²) in [6, 6.07) is 5.62. The first-order chi connectivity index (χ1) is 9.18. The largest absolute Gasteiger partial charge is 0.350 e. The van der Waals surface area contributed by atoms with Crippen molar-refractivity contribution in [3.05, 3.63) is 30.1 Å². The van der Waals surface area contributed by atoms with Gasteiger partial charge in [0.1, 0.15) is 5.78 Å². The summed E-state index contributed by atoms with van der Waals surface area (Å²) < 4.78 is 0. The van der Waals surface area contributed by atoms with Crippen LogP contribution in [0.2, 0.25) is 0 Å². The van der Waals surface area contributed by atoms with Crippen molar-refractivity contribution < 1.29 is 9.59 Å². The van der Waals surface area contributed by atoms with Crippen molar-refractivity contribution in [1.29, 1.82) is 0 Å². The van der Waals surface area contributed by atoms with Crippen LogP contribution in [0.1, 0.15) is 38.3 Å². The molecule has 19 heavy (non-hydrogen) atoms. The smallest absolute Gasteiger partial charge is 0.224 e. The Hall–Kier alpha value is -1.71. The molecule has 0 spiro atoms. The van der Waals surface area contributed by atoms with Crippen LogP contribution in [-0.4, -0.2) is 16.7 Å². The first-order valence-corrected chi connectivity index (χ1v) is 6.86. The Morgan fingerprint density at radius 3 is 2.63 bits per heavy atom. The van der Waals surface area contributed by atoms with Gasteiger partial charge in [-0.05, 0) is 31.9 Å². The molecule has 0 radical (unpaired) electrons. The normalized spacial score (nSPS) is 22.8. The Balaban J connectivity index is 1.93. The van der Waals surface area contributed by atoms with Gasteiger partial charge in [0.05, 0.1) is 12.2 Å². The Bertz CT molecular complexity index is 445. The number of carbonyl (C=O) groups excluding carboxylic acids is 2. The summed E-state index contributed by atoms with van der Waals surface area (Å²) in [6.45, 7) is 2.02. The number of hydrogen-bond acceptors (Lipinski definition) is 3. The van der Waals surface area contributed by atoms with E-state index in [-0.39, 0.29) is 23.5 Å². The van der Waals surface area contributed by atoms with Crippen molar-refractivity contribution >= 4 is 11.7 Å².